The SMILES string of the molecule is OCc1cccc(OCc2sccc2Br)c1. The summed E-state index contributed by atoms with van der Waals surface area (Å²) in [5, 5.41) is 11.0. The maximum Gasteiger partial charge on any atom is 0.124 e. The van der Waals surface area contributed by atoms with Crippen LogP contribution in [-0.4, -0.2) is 5.11 Å². The molecular weight excluding hydrogens is 288 g/mol. The summed E-state index contributed by atoms with van der Waals surface area (Å²) in [7, 11) is 0. The second kappa shape index (κ2) is 5.48. The van der Waals surface area contributed by atoms with Crippen molar-refractivity contribution in [3.05, 3.63) is 50.6 Å². The van der Waals surface area contributed by atoms with E-state index in [2.05, 4.69) is 15.9 Å². The molecule has 0 atom stereocenters. The van der Waals surface area contributed by atoms with Gasteiger partial charge in [0.1, 0.15) is 12.4 Å². The molecule has 2 rings (SSSR count). The molecule has 1 N–H and O–H groups in total. The lowest BCUT2D eigenvalue weighted by Gasteiger charge is -2.06. The van der Waals surface area contributed by atoms with Crippen LogP contribution in [0.3, 0.4) is 0 Å². The van der Waals surface area contributed by atoms with Gasteiger partial charge in [-0.2, -0.15) is 0 Å². The van der Waals surface area contributed by atoms with Gasteiger partial charge in [-0.05, 0) is 45.1 Å². The lowest BCUT2D eigenvalue weighted by atomic mass is 10.2. The average Bonchev–Trinajstić information content (AvgIpc) is 2.72. The van der Waals surface area contributed by atoms with Crippen LogP contribution in [0.25, 0.3) is 0 Å². The van der Waals surface area contributed by atoms with E-state index in [9.17, 15) is 0 Å². The molecule has 0 bridgehead atoms. The molecule has 16 heavy (non-hydrogen) atoms. The highest BCUT2D eigenvalue weighted by molar-refractivity contribution is 9.10. The molecular formula is C12H11BrO2S. The molecule has 0 radical (unpaired) electrons. The Balaban J connectivity index is 2.02. The fraction of sp³-hybridized carbons (Fsp3) is 0.167. The molecule has 4 heteroatoms. The minimum absolute atomic E-state index is 0.0416. The van der Waals surface area contributed by atoms with Crippen molar-refractivity contribution in [2.24, 2.45) is 0 Å². The van der Waals surface area contributed by atoms with Gasteiger partial charge in [-0.25, -0.2) is 0 Å². The van der Waals surface area contributed by atoms with Crippen molar-refractivity contribution >= 4 is 27.3 Å². The van der Waals surface area contributed by atoms with E-state index in [4.69, 9.17) is 9.84 Å². The number of hydrogen-bond acceptors (Lipinski definition) is 3. The van der Waals surface area contributed by atoms with Crippen LogP contribution in [-0.2, 0) is 13.2 Å². The van der Waals surface area contributed by atoms with E-state index < -0.39 is 0 Å². The summed E-state index contributed by atoms with van der Waals surface area (Å²) in [6, 6.07) is 9.49. The molecule has 2 nitrogen and oxygen atoms in total. The van der Waals surface area contributed by atoms with Crippen molar-refractivity contribution in [3.8, 4) is 5.75 Å². The number of rotatable bonds is 4. The van der Waals surface area contributed by atoms with Crippen molar-refractivity contribution in [2.45, 2.75) is 13.2 Å². The molecule has 0 amide bonds. The third-order valence-corrected chi connectivity index (χ3v) is 4.04. The molecule has 0 saturated carbocycles. The predicted molar refractivity (Wildman–Crippen MR) is 68.7 cm³/mol. The third kappa shape index (κ3) is 2.84. The van der Waals surface area contributed by atoms with Crippen molar-refractivity contribution in [2.75, 3.05) is 0 Å². The first kappa shape index (κ1) is 11.6. The largest absolute Gasteiger partial charge is 0.488 e. The van der Waals surface area contributed by atoms with Gasteiger partial charge in [0, 0.05) is 4.47 Å². The van der Waals surface area contributed by atoms with Gasteiger partial charge in [0.2, 0.25) is 0 Å². The normalized spacial score (nSPS) is 10.4. The molecule has 1 aromatic carbocycles. The number of benzene rings is 1. The molecule has 1 heterocycles. The van der Waals surface area contributed by atoms with Crippen molar-refractivity contribution in [1.82, 2.24) is 0 Å². The zero-order valence-electron chi connectivity index (χ0n) is 8.52. The number of thiophene rings is 1. The second-order valence-electron chi connectivity index (χ2n) is 3.29. The summed E-state index contributed by atoms with van der Waals surface area (Å²) in [6.45, 7) is 0.590. The summed E-state index contributed by atoms with van der Waals surface area (Å²) in [4.78, 5) is 1.16. The Hall–Kier alpha value is -0.840. The van der Waals surface area contributed by atoms with Crippen LogP contribution in [0.1, 0.15) is 10.4 Å². The lowest BCUT2D eigenvalue weighted by Crippen LogP contribution is -1.94. The van der Waals surface area contributed by atoms with E-state index in [-0.39, 0.29) is 6.61 Å². The first-order valence-corrected chi connectivity index (χ1v) is 6.51. The van der Waals surface area contributed by atoms with E-state index in [1.165, 1.54) is 0 Å². The summed E-state index contributed by atoms with van der Waals surface area (Å²) >= 11 is 5.12. The smallest absolute Gasteiger partial charge is 0.124 e. The highest BCUT2D eigenvalue weighted by Crippen LogP contribution is 2.24. The van der Waals surface area contributed by atoms with Crippen LogP contribution >= 0.6 is 27.3 Å². The van der Waals surface area contributed by atoms with Gasteiger partial charge in [-0.15, -0.1) is 11.3 Å². The highest BCUT2D eigenvalue weighted by Gasteiger charge is 2.02. The van der Waals surface area contributed by atoms with Gasteiger partial charge in [-0.3, -0.25) is 0 Å². The monoisotopic (exact) mass is 298 g/mol. The molecule has 0 aliphatic rings. The summed E-state index contributed by atoms with van der Waals surface area (Å²) in [5.41, 5.74) is 0.864. The number of hydrogen-bond donors (Lipinski definition) is 1. The van der Waals surface area contributed by atoms with Crippen LogP contribution in [0.15, 0.2) is 40.2 Å². The van der Waals surface area contributed by atoms with Gasteiger partial charge < -0.3 is 9.84 Å². The zero-order chi connectivity index (χ0) is 11.4. The van der Waals surface area contributed by atoms with Gasteiger partial charge in [0.25, 0.3) is 0 Å². The molecule has 1 aromatic heterocycles. The molecule has 0 aliphatic carbocycles. The second-order valence-corrected chi connectivity index (χ2v) is 5.14. The highest BCUT2D eigenvalue weighted by atomic mass is 79.9. The van der Waals surface area contributed by atoms with E-state index in [1.807, 2.05) is 35.7 Å². The first-order chi connectivity index (χ1) is 7.79. The third-order valence-electron chi connectivity index (χ3n) is 2.14. The molecule has 2 aromatic rings. The minimum Gasteiger partial charge on any atom is -0.488 e. The Morgan fingerprint density at radius 1 is 1.31 bits per heavy atom. The number of aliphatic hydroxyl groups excluding tert-OH is 1. The topological polar surface area (TPSA) is 29.5 Å². The average molecular weight is 299 g/mol. The molecule has 84 valence electrons. The van der Waals surface area contributed by atoms with Gasteiger partial charge in [0.15, 0.2) is 0 Å². The fourth-order valence-corrected chi connectivity index (χ4v) is 2.69. The van der Waals surface area contributed by atoms with E-state index in [1.54, 1.807) is 11.3 Å². The van der Waals surface area contributed by atoms with E-state index >= 15 is 0 Å². The molecule has 0 saturated heterocycles. The fourth-order valence-electron chi connectivity index (χ4n) is 1.31. The van der Waals surface area contributed by atoms with E-state index in [0.29, 0.717) is 6.61 Å². The van der Waals surface area contributed by atoms with Gasteiger partial charge in [0.05, 0.1) is 11.5 Å². The maximum atomic E-state index is 9.00. The van der Waals surface area contributed by atoms with Crippen LogP contribution in [0.4, 0.5) is 0 Å². The van der Waals surface area contributed by atoms with Crippen molar-refractivity contribution in [1.29, 1.82) is 0 Å². The summed E-state index contributed by atoms with van der Waals surface area (Å²) in [6.07, 6.45) is 0. The maximum absolute atomic E-state index is 9.00. The zero-order valence-corrected chi connectivity index (χ0v) is 10.9. The first-order valence-electron chi connectivity index (χ1n) is 4.84. The minimum atomic E-state index is 0.0416. The standard InChI is InChI=1S/C12H11BrO2S/c13-11-4-5-16-12(11)8-15-10-3-1-2-9(6-10)7-14/h1-6,14H,7-8H2. The van der Waals surface area contributed by atoms with Gasteiger partial charge in [-0.1, -0.05) is 12.1 Å². The predicted octanol–water partition coefficient (Wildman–Crippen LogP) is 3.58. The van der Waals surface area contributed by atoms with Crippen LogP contribution in [0.5, 0.6) is 5.75 Å². The van der Waals surface area contributed by atoms with E-state index in [0.717, 1.165) is 20.7 Å². The van der Waals surface area contributed by atoms with Crippen LogP contribution in [0, 0.1) is 0 Å². The number of aliphatic hydroxyl groups is 1. The summed E-state index contributed by atoms with van der Waals surface area (Å²) < 4.78 is 6.72. The number of halogens is 1. The van der Waals surface area contributed by atoms with Crippen molar-refractivity contribution in [3.63, 3.8) is 0 Å². The van der Waals surface area contributed by atoms with Gasteiger partial charge >= 0.3 is 0 Å². The summed E-state index contributed by atoms with van der Waals surface area (Å²) in [5.74, 6) is 0.784. The molecule has 0 unspecified atom stereocenters. The Bertz CT molecular complexity index is 468. The van der Waals surface area contributed by atoms with Crippen LogP contribution in [0.2, 0.25) is 0 Å². The Labute approximate surface area is 107 Å². The Morgan fingerprint density at radius 2 is 2.19 bits per heavy atom. The Kier molecular flexibility index (Phi) is 3.98. The Morgan fingerprint density at radius 3 is 2.88 bits per heavy atom. The van der Waals surface area contributed by atoms with Crippen LogP contribution < -0.4 is 4.74 Å². The van der Waals surface area contributed by atoms with Crippen molar-refractivity contribution < 1.29 is 9.84 Å². The quantitative estimate of drug-likeness (QED) is 0.935. The molecule has 0 fully saturated rings. The molecule has 0 spiro atoms. The number of ether oxygens (including phenoxy) is 1. The molecule has 0 aliphatic heterocycles. The lowest BCUT2D eigenvalue weighted by molar-refractivity contribution is 0.278.